The van der Waals surface area contributed by atoms with Crippen LogP contribution < -0.4 is 0 Å². The highest BCUT2D eigenvalue weighted by atomic mass is 79.9. The maximum atomic E-state index is 3.83. The molecule has 0 saturated heterocycles. The van der Waals surface area contributed by atoms with E-state index < -0.39 is 0 Å². The standard InChI is InChI=1S/C13H17Br/c1-10-6-2-3-7-11(10)12-8-4-5-9-13(12)14/h2-3,6-7,12-13H,4-5,8-9H2,1H3. The van der Waals surface area contributed by atoms with Gasteiger partial charge in [-0.15, -0.1) is 0 Å². The maximum Gasteiger partial charge on any atom is 0.0214 e. The molecule has 1 aromatic carbocycles. The lowest BCUT2D eigenvalue weighted by Gasteiger charge is -2.28. The highest BCUT2D eigenvalue weighted by Crippen LogP contribution is 2.38. The van der Waals surface area contributed by atoms with Crippen molar-refractivity contribution in [3.05, 3.63) is 35.4 Å². The van der Waals surface area contributed by atoms with Crippen LogP contribution in [0.15, 0.2) is 24.3 Å². The van der Waals surface area contributed by atoms with E-state index in [9.17, 15) is 0 Å². The molecule has 0 heterocycles. The summed E-state index contributed by atoms with van der Waals surface area (Å²) in [5.41, 5.74) is 3.00. The Bertz CT molecular complexity index is 306. The molecule has 1 fully saturated rings. The van der Waals surface area contributed by atoms with Crippen LogP contribution in [0.3, 0.4) is 0 Å². The van der Waals surface area contributed by atoms with Crippen LogP contribution in [0.4, 0.5) is 0 Å². The first-order chi connectivity index (χ1) is 6.79. The number of alkyl halides is 1. The van der Waals surface area contributed by atoms with Gasteiger partial charge in [-0.2, -0.15) is 0 Å². The molecule has 0 N–H and O–H groups in total. The Morgan fingerprint density at radius 3 is 2.57 bits per heavy atom. The van der Waals surface area contributed by atoms with Gasteiger partial charge < -0.3 is 0 Å². The fourth-order valence-corrected chi connectivity index (χ4v) is 3.31. The van der Waals surface area contributed by atoms with E-state index in [-0.39, 0.29) is 0 Å². The molecule has 1 saturated carbocycles. The van der Waals surface area contributed by atoms with Gasteiger partial charge in [0.05, 0.1) is 0 Å². The first kappa shape index (κ1) is 10.2. The second-order valence-corrected chi connectivity index (χ2v) is 5.44. The number of rotatable bonds is 1. The zero-order valence-corrected chi connectivity index (χ0v) is 10.3. The lowest BCUT2D eigenvalue weighted by Crippen LogP contribution is -2.17. The summed E-state index contributed by atoms with van der Waals surface area (Å²) >= 11 is 3.83. The van der Waals surface area contributed by atoms with Crippen molar-refractivity contribution in [1.82, 2.24) is 0 Å². The summed E-state index contributed by atoms with van der Waals surface area (Å²) in [6, 6.07) is 8.81. The van der Waals surface area contributed by atoms with Gasteiger partial charge in [-0.25, -0.2) is 0 Å². The van der Waals surface area contributed by atoms with Crippen molar-refractivity contribution in [2.45, 2.75) is 43.4 Å². The van der Waals surface area contributed by atoms with E-state index in [2.05, 4.69) is 47.1 Å². The van der Waals surface area contributed by atoms with Crippen molar-refractivity contribution in [1.29, 1.82) is 0 Å². The molecule has 2 atom stereocenters. The second-order valence-electron chi connectivity index (χ2n) is 4.26. The monoisotopic (exact) mass is 252 g/mol. The van der Waals surface area contributed by atoms with E-state index in [1.165, 1.54) is 31.2 Å². The molecule has 1 aromatic rings. The molecule has 2 rings (SSSR count). The van der Waals surface area contributed by atoms with Gasteiger partial charge in [0.15, 0.2) is 0 Å². The number of hydrogen-bond acceptors (Lipinski definition) is 0. The van der Waals surface area contributed by atoms with Crippen LogP contribution in [0.1, 0.15) is 42.7 Å². The maximum absolute atomic E-state index is 3.83. The number of benzene rings is 1. The molecule has 0 aromatic heterocycles. The summed E-state index contributed by atoms with van der Waals surface area (Å²) in [6.45, 7) is 2.23. The smallest absolute Gasteiger partial charge is 0.0214 e. The fraction of sp³-hybridized carbons (Fsp3) is 0.538. The molecule has 1 aliphatic carbocycles. The molecule has 0 radical (unpaired) electrons. The summed E-state index contributed by atoms with van der Waals surface area (Å²) in [4.78, 5) is 0.692. The number of hydrogen-bond donors (Lipinski definition) is 0. The van der Waals surface area contributed by atoms with Gasteiger partial charge in [0.25, 0.3) is 0 Å². The van der Waals surface area contributed by atoms with Crippen LogP contribution in [0.2, 0.25) is 0 Å². The van der Waals surface area contributed by atoms with Gasteiger partial charge in [-0.05, 0) is 36.8 Å². The molecule has 1 heteroatoms. The molecule has 0 nitrogen and oxygen atoms in total. The Morgan fingerprint density at radius 2 is 1.86 bits per heavy atom. The summed E-state index contributed by atoms with van der Waals surface area (Å²) in [7, 11) is 0. The molecular weight excluding hydrogens is 236 g/mol. The first-order valence-electron chi connectivity index (χ1n) is 5.48. The van der Waals surface area contributed by atoms with Gasteiger partial charge in [0.2, 0.25) is 0 Å². The Labute approximate surface area is 94.8 Å². The number of aryl methyl sites for hydroxylation is 1. The lowest BCUT2D eigenvalue weighted by molar-refractivity contribution is 0.460. The van der Waals surface area contributed by atoms with Crippen molar-refractivity contribution < 1.29 is 0 Å². The zero-order valence-electron chi connectivity index (χ0n) is 8.67. The van der Waals surface area contributed by atoms with Crippen LogP contribution in [0.5, 0.6) is 0 Å². The zero-order chi connectivity index (χ0) is 9.97. The summed E-state index contributed by atoms with van der Waals surface area (Å²) in [6.07, 6.45) is 5.46. The molecule has 2 unspecified atom stereocenters. The van der Waals surface area contributed by atoms with E-state index in [1.807, 2.05) is 0 Å². The van der Waals surface area contributed by atoms with Gasteiger partial charge in [0.1, 0.15) is 0 Å². The molecule has 1 aliphatic rings. The van der Waals surface area contributed by atoms with Gasteiger partial charge in [-0.3, -0.25) is 0 Å². The van der Waals surface area contributed by atoms with Crippen molar-refractivity contribution in [2.75, 3.05) is 0 Å². The summed E-state index contributed by atoms with van der Waals surface area (Å²) < 4.78 is 0. The van der Waals surface area contributed by atoms with Crippen molar-refractivity contribution in [3.63, 3.8) is 0 Å². The highest BCUT2D eigenvalue weighted by molar-refractivity contribution is 9.09. The van der Waals surface area contributed by atoms with Crippen LogP contribution in [-0.2, 0) is 0 Å². The molecule has 0 bridgehead atoms. The number of halogens is 1. The Hall–Kier alpha value is -0.300. The van der Waals surface area contributed by atoms with Crippen LogP contribution in [0, 0.1) is 6.92 Å². The van der Waals surface area contributed by atoms with Gasteiger partial charge in [0, 0.05) is 4.83 Å². The Balaban J connectivity index is 2.25. The van der Waals surface area contributed by atoms with Gasteiger partial charge >= 0.3 is 0 Å². The SMILES string of the molecule is Cc1ccccc1C1CCCCC1Br. The summed E-state index contributed by atoms with van der Waals surface area (Å²) in [5.74, 6) is 0.741. The first-order valence-corrected chi connectivity index (χ1v) is 6.40. The second kappa shape index (κ2) is 4.48. The molecule has 76 valence electrons. The van der Waals surface area contributed by atoms with Crippen molar-refractivity contribution in [3.8, 4) is 0 Å². The molecule has 0 amide bonds. The third kappa shape index (κ3) is 2.03. The average molecular weight is 253 g/mol. The van der Waals surface area contributed by atoms with Crippen LogP contribution in [0.25, 0.3) is 0 Å². The Kier molecular flexibility index (Phi) is 3.27. The van der Waals surface area contributed by atoms with E-state index in [1.54, 1.807) is 5.56 Å². The largest absolute Gasteiger partial charge is 0.0884 e. The predicted octanol–water partition coefficient (Wildman–Crippen LogP) is 4.42. The molecule has 0 spiro atoms. The minimum Gasteiger partial charge on any atom is -0.0884 e. The van der Waals surface area contributed by atoms with Crippen LogP contribution >= 0.6 is 15.9 Å². The van der Waals surface area contributed by atoms with Crippen molar-refractivity contribution in [2.24, 2.45) is 0 Å². The van der Waals surface area contributed by atoms with Crippen LogP contribution in [-0.4, -0.2) is 4.83 Å². The third-order valence-corrected chi connectivity index (χ3v) is 4.37. The Morgan fingerprint density at radius 1 is 1.14 bits per heavy atom. The quantitative estimate of drug-likeness (QED) is 0.650. The molecular formula is C13H17Br. The normalized spacial score (nSPS) is 27.6. The molecule has 14 heavy (non-hydrogen) atoms. The summed E-state index contributed by atoms with van der Waals surface area (Å²) in [5, 5.41) is 0. The van der Waals surface area contributed by atoms with E-state index >= 15 is 0 Å². The van der Waals surface area contributed by atoms with E-state index in [0.29, 0.717) is 4.83 Å². The highest BCUT2D eigenvalue weighted by Gasteiger charge is 2.24. The average Bonchev–Trinajstić information content (AvgIpc) is 2.20. The molecule has 0 aliphatic heterocycles. The third-order valence-electron chi connectivity index (χ3n) is 3.27. The van der Waals surface area contributed by atoms with E-state index in [0.717, 1.165) is 5.92 Å². The van der Waals surface area contributed by atoms with E-state index in [4.69, 9.17) is 0 Å². The predicted molar refractivity (Wildman–Crippen MR) is 65.1 cm³/mol. The fourth-order valence-electron chi connectivity index (χ4n) is 2.44. The van der Waals surface area contributed by atoms with Gasteiger partial charge in [-0.1, -0.05) is 53.0 Å². The van der Waals surface area contributed by atoms with Crippen molar-refractivity contribution >= 4 is 15.9 Å². The minimum atomic E-state index is 0.692. The topological polar surface area (TPSA) is 0 Å². The minimum absolute atomic E-state index is 0.692. The lowest BCUT2D eigenvalue weighted by atomic mass is 9.82.